The van der Waals surface area contributed by atoms with Gasteiger partial charge in [-0.05, 0) is 30.4 Å². The summed E-state index contributed by atoms with van der Waals surface area (Å²) in [5.41, 5.74) is 2.34. The topological polar surface area (TPSA) is 52.6 Å². The van der Waals surface area contributed by atoms with Gasteiger partial charge in [-0.15, -0.1) is 0 Å². The van der Waals surface area contributed by atoms with E-state index in [2.05, 4.69) is 11.4 Å². The van der Waals surface area contributed by atoms with Crippen LogP contribution >= 0.6 is 0 Å². The predicted molar refractivity (Wildman–Crippen MR) is 82.1 cm³/mol. The van der Waals surface area contributed by atoms with Crippen LogP contribution in [-0.4, -0.2) is 35.2 Å². The molecule has 0 saturated heterocycles. The summed E-state index contributed by atoms with van der Waals surface area (Å²) in [7, 11) is 0. The Bertz CT molecular complexity index is 497. The van der Waals surface area contributed by atoms with Gasteiger partial charge >= 0.3 is 6.03 Å². The molecule has 1 aliphatic carbocycles. The van der Waals surface area contributed by atoms with Gasteiger partial charge in [0.25, 0.3) is 0 Å². The number of aliphatic hydroxyl groups excluding tert-OH is 1. The molecule has 3 rings (SSSR count). The molecule has 1 heterocycles. The summed E-state index contributed by atoms with van der Waals surface area (Å²) in [6.07, 6.45) is 6.72. The van der Waals surface area contributed by atoms with Crippen LogP contribution in [0.25, 0.3) is 0 Å². The molecule has 0 bridgehead atoms. The van der Waals surface area contributed by atoms with E-state index in [0.717, 1.165) is 24.8 Å². The van der Waals surface area contributed by atoms with Crippen LogP contribution in [0, 0.1) is 0 Å². The van der Waals surface area contributed by atoms with Crippen LogP contribution in [0.15, 0.2) is 24.3 Å². The van der Waals surface area contributed by atoms with Crippen molar-refractivity contribution in [2.75, 3.05) is 13.2 Å². The molecule has 4 nitrogen and oxygen atoms in total. The zero-order valence-electron chi connectivity index (χ0n) is 12.4. The summed E-state index contributed by atoms with van der Waals surface area (Å²) in [6, 6.07) is 8.19. The first-order chi connectivity index (χ1) is 10.3. The third kappa shape index (κ3) is 3.05. The fraction of sp³-hybridized carbons (Fsp3) is 0.588. The van der Waals surface area contributed by atoms with Crippen LogP contribution in [0.4, 0.5) is 4.79 Å². The Kier molecular flexibility index (Phi) is 4.44. The highest BCUT2D eigenvalue weighted by Gasteiger charge is 2.31. The van der Waals surface area contributed by atoms with Crippen molar-refractivity contribution in [3.63, 3.8) is 0 Å². The molecule has 2 amide bonds. The highest BCUT2D eigenvalue weighted by molar-refractivity contribution is 5.75. The van der Waals surface area contributed by atoms with Gasteiger partial charge in [0, 0.05) is 12.6 Å². The minimum absolute atomic E-state index is 0.0181. The van der Waals surface area contributed by atoms with Gasteiger partial charge in [-0.2, -0.15) is 0 Å². The SMILES string of the molecule is O=C(NC1CCCCC1)N1CCc2ccccc2C1CO. The molecule has 1 atom stereocenters. The third-order valence-corrected chi connectivity index (χ3v) is 4.78. The number of amides is 2. The Labute approximate surface area is 126 Å². The van der Waals surface area contributed by atoms with Crippen molar-refractivity contribution in [2.24, 2.45) is 0 Å². The van der Waals surface area contributed by atoms with Crippen molar-refractivity contribution in [3.05, 3.63) is 35.4 Å². The molecule has 114 valence electrons. The molecule has 1 fully saturated rings. The maximum Gasteiger partial charge on any atom is 0.318 e. The molecule has 1 saturated carbocycles. The third-order valence-electron chi connectivity index (χ3n) is 4.78. The van der Waals surface area contributed by atoms with Crippen molar-refractivity contribution < 1.29 is 9.90 Å². The number of rotatable bonds is 2. The van der Waals surface area contributed by atoms with Crippen LogP contribution in [0.3, 0.4) is 0 Å². The molecule has 0 spiro atoms. The maximum absolute atomic E-state index is 12.5. The predicted octanol–water partition coefficient (Wildman–Crippen LogP) is 2.62. The van der Waals surface area contributed by atoms with Gasteiger partial charge in [0.2, 0.25) is 0 Å². The van der Waals surface area contributed by atoms with Crippen LogP contribution in [0.1, 0.15) is 49.3 Å². The molecular formula is C17H24N2O2. The van der Waals surface area contributed by atoms with Gasteiger partial charge in [-0.1, -0.05) is 43.5 Å². The Morgan fingerprint density at radius 3 is 2.76 bits per heavy atom. The van der Waals surface area contributed by atoms with E-state index >= 15 is 0 Å². The average Bonchev–Trinajstić information content (AvgIpc) is 2.54. The van der Waals surface area contributed by atoms with E-state index in [1.165, 1.54) is 24.8 Å². The second-order valence-corrected chi connectivity index (χ2v) is 6.13. The summed E-state index contributed by atoms with van der Waals surface area (Å²) >= 11 is 0. The van der Waals surface area contributed by atoms with E-state index in [-0.39, 0.29) is 18.7 Å². The molecule has 1 unspecified atom stereocenters. The lowest BCUT2D eigenvalue weighted by Crippen LogP contribution is -2.50. The largest absolute Gasteiger partial charge is 0.394 e. The molecule has 4 heteroatoms. The normalized spacial score (nSPS) is 22.7. The van der Waals surface area contributed by atoms with Crippen LogP contribution in [0.2, 0.25) is 0 Å². The number of benzene rings is 1. The summed E-state index contributed by atoms with van der Waals surface area (Å²) in [4.78, 5) is 14.4. The smallest absolute Gasteiger partial charge is 0.318 e. The van der Waals surface area contributed by atoms with Gasteiger partial charge in [0.05, 0.1) is 12.6 Å². The number of aliphatic hydroxyl groups is 1. The molecule has 21 heavy (non-hydrogen) atoms. The zero-order valence-corrected chi connectivity index (χ0v) is 12.4. The zero-order chi connectivity index (χ0) is 14.7. The standard InChI is InChI=1S/C17H24N2O2/c20-12-16-15-9-5-4-6-13(15)10-11-19(16)17(21)18-14-7-2-1-3-8-14/h4-6,9,14,16,20H,1-3,7-8,10-12H2,(H,18,21). The van der Waals surface area contributed by atoms with E-state index < -0.39 is 0 Å². The van der Waals surface area contributed by atoms with E-state index in [4.69, 9.17) is 0 Å². The van der Waals surface area contributed by atoms with Crippen LogP contribution in [-0.2, 0) is 6.42 Å². The molecule has 1 aliphatic heterocycles. The Balaban J connectivity index is 1.71. The summed E-state index contributed by atoms with van der Waals surface area (Å²) in [5.74, 6) is 0. The van der Waals surface area contributed by atoms with Crippen molar-refractivity contribution in [3.8, 4) is 0 Å². The highest BCUT2D eigenvalue weighted by Crippen LogP contribution is 2.29. The van der Waals surface area contributed by atoms with Crippen LogP contribution < -0.4 is 5.32 Å². The first kappa shape index (κ1) is 14.4. The molecule has 1 aromatic carbocycles. The lowest BCUT2D eigenvalue weighted by atomic mass is 9.93. The molecule has 0 radical (unpaired) electrons. The molecule has 2 N–H and O–H groups in total. The van der Waals surface area contributed by atoms with Gasteiger partial charge in [-0.25, -0.2) is 4.79 Å². The fourth-order valence-corrected chi connectivity index (χ4v) is 3.60. The first-order valence-electron chi connectivity index (χ1n) is 8.05. The number of hydrogen-bond donors (Lipinski definition) is 2. The van der Waals surface area contributed by atoms with Crippen molar-refractivity contribution in [2.45, 2.75) is 50.6 Å². The van der Waals surface area contributed by atoms with Gasteiger partial charge < -0.3 is 15.3 Å². The fourth-order valence-electron chi connectivity index (χ4n) is 3.60. The Hall–Kier alpha value is -1.55. The number of fused-ring (bicyclic) bond motifs is 1. The molecule has 1 aromatic rings. The molecular weight excluding hydrogens is 264 g/mol. The average molecular weight is 288 g/mol. The van der Waals surface area contributed by atoms with Gasteiger partial charge in [0.1, 0.15) is 0 Å². The number of hydrogen-bond acceptors (Lipinski definition) is 2. The van der Waals surface area contributed by atoms with E-state index in [1.54, 1.807) is 4.90 Å². The highest BCUT2D eigenvalue weighted by atomic mass is 16.3. The molecule has 0 aromatic heterocycles. The maximum atomic E-state index is 12.5. The quantitative estimate of drug-likeness (QED) is 0.879. The summed E-state index contributed by atoms with van der Waals surface area (Å²) in [5, 5.41) is 12.9. The second-order valence-electron chi connectivity index (χ2n) is 6.13. The lowest BCUT2D eigenvalue weighted by Gasteiger charge is -2.37. The van der Waals surface area contributed by atoms with Gasteiger partial charge in [-0.3, -0.25) is 0 Å². The van der Waals surface area contributed by atoms with E-state index in [0.29, 0.717) is 12.6 Å². The minimum Gasteiger partial charge on any atom is -0.394 e. The number of nitrogens with one attached hydrogen (secondary N) is 1. The van der Waals surface area contributed by atoms with Gasteiger partial charge in [0.15, 0.2) is 0 Å². The van der Waals surface area contributed by atoms with Crippen molar-refractivity contribution in [1.82, 2.24) is 10.2 Å². The van der Waals surface area contributed by atoms with E-state index in [9.17, 15) is 9.90 Å². The van der Waals surface area contributed by atoms with E-state index in [1.807, 2.05) is 18.2 Å². The lowest BCUT2D eigenvalue weighted by molar-refractivity contribution is 0.123. The first-order valence-corrected chi connectivity index (χ1v) is 8.05. The Morgan fingerprint density at radius 2 is 2.00 bits per heavy atom. The van der Waals surface area contributed by atoms with Crippen molar-refractivity contribution in [1.29, 1.82) is 0 Å². The van der Waals surface area contributed by atoms with Crippen LogP contribution in [0.5, 0.6) is 0 Å². The minimum atomic E-state index is -0.210. The summed E-state index contributed by atoms with van der Waals surface area (Å²) in [6.45, 7) is 0.663. The Morgan fingerprint density at radius 1 is 1.24 bits per heavy atom. The number of nitrogens with zero attached hydrogens (tertiary/aromatic N) is 1. The molecule has 2 aliphatic rings. The second kappa shape index (κ2) is 6.48. The van der Waals surface area contributed by atoms with Crippen molar-refractivity contribution >= 4 is 6.03 Å². The summed E-state index contributed by atoms with van der Waals surface area (Å²) < 4.78 is 0. The number of carbonyl (C=O) groups excluding carboxylic acids is 1. The number of urea groups is 1. The monoisotopic (exact) mass is 288 g/mol. The number of carbonyl (C=O) groups is 1.